The molecule has 0 spiro atoms. The molecule has 0 radical (unpaired) electrons. The van der Waals surface area contributed by atoms with Gasteiger partial charge in [0.25, 0.3) is 0 Å². The lowest BCUT2D eigenvalue weighted by molar-refractivity contribution is -0.161. The number of thioether (sulfide) groups is 1. The van der Waals surface area contributed by atoms with Crippen molar-refractivity contribution in [3.63, 3.8) is 0 Å². The Morgan fingerprint density at radius 2 is 2.00 bits per heavy atom. The SMILES string of the molecule is O=C(CC(F)(F)F)N1CCS[C@@H](c2cc(F)ccc2F)CC1. The smallest absolute Gasteiger partial charge is 0.342 e. The number of rotatable bonds is 2. The lowest BCUT2D eigenvalue weighted by Gasteiger charge is -2.21. The first kappa shape index (κ1) is 17.1. The van der Waals surface area contributed by atoms with E-state index >= 15 is 0 Å². The van der Waals surface area contributed by atoms with E-state index in [9.17, 15) is 26.7 Å². The van der Waals surface area contributed by atoms with Gasteiger partial charge in [0.05, 0.1) is 0 Å². The Labute approximate surface area is 128 Å². The average molecular weight is 339 g/mol. The molecule has 8 heteroatoms. The number of carbonyl (C=O) groups excluding carboxylic acids is 1. The molecule has 1 atom stereocenters. The van der Waals surface area contributed by atoms with Gasteiger partial charge in [0.1, 0.15) is 18.1 Å². The predicted octanol–water partition coefficient (Wildman–Crippen LogP) is 3.92. The molecule has 0 aliphatic carbocycles. The van der Waals surface area contributed by atoms with Gasteiger partial charge in [0.2, 0.25) is 5.91 Å². The molecule has 1 heterocycles. The number of amides is 1. The van der Waals surface area contributed by atoms with Crippen molar-refractivity contribution in [1.82, 2.24) is 4.90 Å². The zero-order chi connectivity index (χ0) is 16.3. The lowest BCUT2D eigenvalue weighted by Crippen LogP contribution is -2.35. The third-order valence-electron chi connectivity index (χ3n) is 3.35. The van der Waals surface area contributed by atoms with Gasteiger partial charge in [-0.15, -0.1) is 0 Å². The maximum Gasteiger partial charge on any atom is 0.397 e. The second-order valence-electron chi connectivity index (χ2n) is 4.99. The highest BCUT2D eigenvalue weighted by Crippen LogP contribution is 2.36. The van der Waals surface area contributed by atoms with Crippen molar-refractivity contribution < 1.29 is 26.7 Å². The fraction of sp³-hybridized carbons (Fsp3) is 0.500. The molecule has 122 valence electrons. The molecule has 0 aromatic heterocycles. The van der Waals surface area contributed by atoms with Gasteiger partial charge in [-0.25, -0.2) is 8.78 Å². The van der Waals surface area contributed by atoms with E-state index in [0.717, 1.165) is 23.1 Å². The molecular formula is C14H14F5NOS. The van der Waals surface area contributed by atoms with E-state index in [-0.39, 0.29) is 30.3 Å². The van der Waals surface area contributed by atoms with E-state index in [1.807, 2.05) is 0 Å². The van der Waals surface area contributed by atoms with Gasteiger partial charge in [-0.1, -0.05) is 0 Å². The Kier molecular flexibility index (Phi) is 5.31. The molecule has 1 amide bonds. The minimum Gasteiger partial charge on any atom is -0.342 e. The summed E-state index contributed by atoms with van der Waals surface area (Å²) in [5.41, 5.74) is 0.190. The Hall–Kier alpha value is -1.31. The van der Waals surface area contributed by atoms with Crippen molar-refractivity contribution >= 4 is 17.7 Å². The largest absolute Gasteiger partial charge is 0.397 e. The second-order valence-corrected chi connectivity index (χ2v) is 6.30. The molecule has 1 fully saturated rings. The van der Waals surface area contributed by atoms with Gasteiger partial charge in [0.15, 0.2) is 0 Å². The normalized spacial score (nSPS) is 19.9. The van der Waals surface area contributed by atoms with Gasteiger partial charge >= 0.3 is 6.18 Å². The predicted molar refractivity (Wildman–Crippen MR) is 73.4 cm³/mol. The van der Waals surface area contributed by atoms with E-state index < -0.39 is 30.1 Å². The Balaban J connectivity index is 2.03. The molecule has 1 aromatic carbocycles. The molecule has 2 rings (SSSR count). The molecule has 1 saturated heterocycles. The summed E-state index contributed by atoms with van der Waals surface area (Å²) in [4.78, 5) is 12.7. The molecule has 22 heavy (non-hydrogen) atoms. The number of hydrogen-bond acceptors (Lipinski definition) is 2. The summed E-state index contributed by atoms with van der Waals surface area (Å²) >= 11 is 1.32. The standard InChI is InChI=1S/C14H14F5NOS/c15-9-1-2-11(16)10(7-9)12-3-4-20(5-6-22-12)13(21)8-14(17,18)19/h1-2,7,12H,3-6,8H2/t12-/m1/s1. The van der Waals surface area contributed by atoms with E-state index in [1.165, 1.54) is 11.8 Å². The van der Waals surface area contributed by atoms with Gasteiger partial charge in [-0.05, 0) is 24.6 Å². The van der Waals surface area contributed by atoms with Crippen LogP contribution >= 0.6 is 11.8 Å². The van der Waals surface area contributed by atoms with Crippen molar-refractivity contribution in [2.24, 2.45) is 0 Å². The van der Waals surface area contributed by atoms with Crippen LogP contribution in [0, 0.1) is 11.6 Å². The summed E-state index contributed by atoms with van der Waals surface area (Å²) in [5, 5.41) is -0.376. The van der Waals surface area contributed by atoms with Crippen LogP contribution in [-0.4, -0.2) is 35.8 Å². The number of hydrogen-bond donors (Lipinski definition) is 0. The quantitative estimate of drug-likeness (QED) is 0.761. The summed E-state index contributed by atoms with van der Waals surface area (Å²) in [7, 11) is 0. The van der Waals surface area contributed by atoms with Gasteiger partial charge in [-0.3, -0.25) is 4.79 Å². The van der Waals surface area contributed by atoms with E-state index in [1.54, 1.807) is 0 Å². The number of nitrogens with zero attached hydrogens (tertiary/aromatic N) is 1. The van der Waals surface area contributed by atoms with Crippen molar-refractivity contribution in [2.45, 2.75) is 24.3 Å². The third-order valence-corrected chi connectivity index (χ3v) is 4.66. The van der Waals surface area contributed by atoms with E-state index in [4.69, 9.17) is 0 Å². The monoisotopic (exact) mass is 339 g/mol. The van der Waals surface area contributed by atoms with Crippen LogP contribution in [0.2, 0.25) is 0 Å². The van der Waals surface area contributed by atoms with Crippen LogP contribution in [0.5, 0.6) is 0 Å². The Morgan fingerprint density at radius 1 is 1.27 bits per heavy atom. The molecular weight excluding hydrogens is 325 g/mol. The highest BCUT2D eigenvalue weighted by Gasteiger charge is 2.34. The summed E-state index contributed by atoms with van der Waals surface area (Å²) in [5.74, 6) is -1.71. The van der Waals surface area contributed by atoms with Crippen LogP contribution in [0.3, 0.4) is 0 Å². The van der Waals surface area contributed by atoms with Crippen molar-refractivity contribution in [1.29, 1.82) is 0 Å². The first-order valence-electron chi connectivity index (χ1n) is 6.67. The van der Waals surface area contributed by atoms with Crippen molar-refractivity contribution in [3.05, 3.63) is 35.4 Å². The van der Waals surface area contributed by atoms with E-state index in [0.29, 0.717) is 5.75 Å². The number of carbonyl (C=O) groups is 1. The lowest BCUT2D eigenvalue weighted by atomic mass is 10.1. The van der Waals surface area contributed by atoms with Crippen LogP contribution in [0.1, 0.15) is 23.7 Å². The maximum absolute atomic E-state index is 13.8. The van der Waals surface area contributed by atoms with Crippen LogP contribution in [0.15, 0.2) is 18.2 Å². The topological polar surface area (TPSA) is 20.3 Å². The Bertz CT molecular complexity index is 549. The van der Waals surface area contributed by atoms with Crippen LogP contribution in [0.4, 0.5) is 22.0 Å². The second kappa shape index (κ2) is 6.85. The molecule has 1 aliphatic heterocycles. The summed E-state index contributed by atoms with van der Waals surface area (Å²) in [6.45, 7) is 0.273. The van der Waals surface area contributed by atoms with Gasteiger partial charge < -0.3 is 4.90 Å². The molecule has 0 bridgehead atoms. The number of halogens is 5. The van der Waals surface area contributed by atoms with Crippen molar-refractivity contribution in [2.75, 3.05) is 18.8 Å². The van der Waals surface area contributed by atoms with Crippen LogP contribution in [0.25, 0.3) is 0 Å². The fourth-order valence-corrected chi connectivity index (χ4v) is 3.56. The first-order chi connectivity index (χ1) is 10.3. The molecule has 1 aliphatic rings. The molecule has 0 saturated carbocycles. The minimum atomic E-state index is -4.54. The average Bonchev–Trinajstić information content (AvgIpc) is 2.65. The zero-order valence-electron chi connectivity index (χ0n) is 11.5. The van der Waals surface area contributed by atoms with Crippen molar-refractivity contribution in [3.8, 4) is 0 Å². The maximum atomic E-state index is 13.8. The number of benzene rings is 1. The van der Waals surface area contributed by atoms with Gasteiger partial charge in [0, 0.05) is 29.7 Å². The molecule has 2 nitrogen and oxygen atoms in total. The highest BCUT2D eigenvalue weighted by molar-refractivity contribution is 7.99. The zero-order valence-corrected chi connectivity index (χ0v) is 12.3. The van der Waals surface area contributed by atoms with E-state index in [2.05, 4.69) is 0 Å². The highest BCUT2D eigenvalue weighted by atomic mass is 32.2. The summed E-state index contributed by atoms with van der Waals surface area (Å²) in [6, 6.07) is 3.14. The first-order valence-corrected chi connectivity index (χ1v) is 7.72. The molecule has 0 unspecified atom stereocenters. The Morgan fingerprint density at radius 3 is 2.68 bits per heavy atom. The van der Waals surface area contributed by atoms with Crippen LogP contribution in [-0.2, 0) is 4.79 Å². The molecule has 1 aromatic rings. The summed E-state index contributed by atoms with van der Waals surface area (Å²) in [6.07, 6.45) is -5.74. The minimum absolute atomic E-state index is 0.0997. The molecule has 0 N–H and O–H groups in total. The van der Waals surface area contributed by atoms with Gasteiger partial charge in [-0.2, -0.15) is 24.9 Å². The number of alkyl halides is 3. The fourth-order valence-electron chi connectivity index (χ4n) is 2.31. The summed E-state index contributed by atoms with van der Waals surface area (Å²) < 4.78 is 63.8. The third kappa shape index (κ3) is 4.59. The van der Waals surface area contributed by atoms with Crippen LogP contribution < -0.4 is 0 Å².